The average Bonchev–Trinajstić information content (AvgIpc) is 3.00. The van der Waals surface area contributed by atoms with Crippen LogP contribution in [0.4, 0.5) is 0 Å². The maximum atomic E-state index is 5.71. The number of ether oxygens (including phenoxy) is 1. The second kappa shape index (κ2) is 8.21. The van der Waals surface area contributed by atoms with Crippen LogP contribution in [0.5, 0.6) is 5.75 Å². The molecule has 0 saturated carbocycles. The average molecular weight is 350 g/mol. The second-order valence-electron chi connectivity index (χ2n) is 5.40. The van der Waals surface area contributed by atoms with Crippen LogP contribution in [0, 0.1) is 4.77 Å². The van der Waals surface area contributed by atoms with Crippen molar-refractivity contribution in [3.05, 3.63) is 82.4 Å². The first-order valence-electron chi connectivity index (χ1n) is 7.84. The van der Waals surface area contributed by atoms with Gasteiger partial charge in [-0.1, -0.05) is 54.6 Å². The third-order valence-corrected chi connectivity index (χ3v) is 3.66. The molecule has 0 fully saturated rings. The maximum absolute atomic E-state index is 5.71. The van der Waals surface area contributed by atoms with Gasteiger partial charge in [0.05, 0.1) is 6.21 Å². The van der Waals surface area contributed by atoms with Crippen LogP contribution in [0.25, 0.3) is 6.08 Å². The number of para-hydroxylation sites is 1. The lowest BCUT2D eigenvalue weighted by atomic mass is 10.1. The molecule has 1 N–H and O–H groups in total. The van der Waals surface area contributed by atoms with Crippen molar-refractivity contribution in [3.8, 4) is 5.75 Å². The minimum Gasteiger partial charge on any atom is -0.486 e. The normalized spacial score (nSPS) is 11.8. The summed E-state index contributed by atoms with van der Waals surface area (Å²) >= 11 is 5.24. The summed E-state index contributed by atoms with van der Waals surface area (Å²) in [7, 11) is 0. The molecule has 25 heavy (non-hydrogen) atoms. The first kappa shape index (κ1) is 16.9. The Morgan fingerprint density at radius 3 is 2.56 bits per heavy atom. The largest absolute Gasteiger partial charge is 0.486 e. The van der Waals surface area contributed by atoms with E-state index < -0.39 is 0 Å². The third kappa shape index (κ3) is 4.74. The van der Waals surface area contributed by atoms with Gasteiger partial charge in [0.25, 0.3) is 0 Å². The first-order chi connectivity index (χ1) is 12.2. The minimum absolute atomic E-state index is 0.274. The monoisotopic (exact) mass is 350 g/mol. The highest BCUT2D eigenvalue weighted by Crippen LogP contribution is 2.11. The van der Waals surface area contributed by atoms with Gasteiger partial charge in [-0.05, 0) is 42.4 Å². The van der Waals surface area contributed by atoms with Crippen molar-refractivity contribution in [1.82, 2.24) is 14.9 Å². The zero-order valence-electron chi connectivity index (χ0n) is 13.8. The predicted octanol–water partition coefficient (Wildman–Crippen LogP) is 4.46. The smallest absolute Gasteiger partial charge is 0.216 e. The van der Waals surface area contributed by atoms with Crippen molar-refractivity contribution in [2.24, 2.45) is 5.10 Å². The molecule has 126 valence electrons. The molecule has 0 aliphatic carbocycles. The number of benzene rings is 2. The Labute approximate surface area is 151 Å². The fourth-order valence-corrected chi connectivity index (χ4v) is 2.40. The van der Waals surface area contributed by atoms with Gasteiger partial charge in [0.15, 0.2) is 5.82 Å². The Bertz CT molecular complexity index is 927. The third-order valence-electron chi connectivity index (χ3n) is 3.40. The quantitative estimate of drug-likeness (QED) is 0.527. The van der Waals surface area contributed by atoms with Gasteiger partial charge in [-0.3, -0.25) is 0 Å². The molecule has 6 heteroatoms. The number of aromatic amines is 1. The van der Waals surface area contributed by atoms with E-state index in [0.29, 0.717) is 10.6 Å². The molecule has 3 rings (SSSR count). The fraction of sp³-hybridized carbons (Fsp3) is 0.105. The molecule has 0 bridgehead atoms. The highest BCUT2D eigenvalue weighted by Gasteiger charge is 2.05. The van der Waals surface area contributed by atoms with Gasteiger partial charge in [-0.25, -0.2) is 5.10 Å². The number of hydrogen-bond acceptors (Lipinski definition) is 4. The summed E-state index contributed by atoms with van der Waals surface area (Å²) in [6, 6.07) is 19.6. The summed E-state index contributed by atoms with van der Waals surface area (Å²) in [6.07, 6.45) is 3.80. The van der Waals surface area contributed by atoms with E-state index in [-0.39, 0.29) is 6.61 Å². The van der Waals surface area contributed by atoms with Crippen molar-refractivity contribution < 1.29 is 4.74 Å². The van der Waals surface area contributed by atoms with Gasteiger partial charge >= 0.3 is 0 Å². The first-order valence-corrected chi connectivity index (χ1v) is 8.25. The van der Waals surface area contributed by atoms with Gasteiger partial charge in [0.1, 0.15) is 12.4 Å². The van der Waals surface area contributed by atoms with Crippen LogP contribution in [-0.4, -0.2) is 21.1 Å². The van der Waals surface area contributed by atoms with Crippen LogP contribution < -0.4 is 4.74 Å². The van der Waals surface area contributed by atoms with Crippen molar-refractivity contribution in [3.63, 3.8) is 0 Å². The zero-order chi connectivity index (χ0) is 17.5. The summed E-state index contributed by atoms with van der Waals surface area (Å²) in [5.74, 6) is 1.38. The van der Waals surface area contributed by atoms with Gasteiger partial charge < -0.3 is 4.74 Å². The van der Waals surface area contributed by atoms with Crippen LogP contribution >= 0.6 is 12.2 Å². The molecule has 0 amide bonds. The Morgan fingerprint density at radius 2 is 1.84 bits per heavy atom. The van der Waals surface area contributed by atoms with Gasteiger partial charge in [0.2, 0.25) is 4.77 Å². The molecular formula is C19H18N4OS. The minimum atomic E-state index is 0.274. The zero-order valence-corrected chi connectivity index (χ0v) is 14.6. The molecule has 3 aromatic rings. The lowest BCUT2D eigenvalue weighted by Crippen LogP contribution is -2.04. The number of nitrogens with zero attached hydrogens (tertiary/aromatic N) is 3. The number of hydrogen-bond donors (Lipinski definition) is 1. The van der Waals surface area contributed by atoms with E-state index in [9.17, 15) is 0 Å². The van der Waals surface area contributed by atoms with E-state index in [4.69, 9.17) is 17.0 Å². The fourth-order valence-electron chi connectivity index (χ4n) is 2.20. The van der Waals surface area contributed by atoms with Crippen LogP contribution in [-0.2, 0) is 6.61 Å². The van der Waals surface area contributed by atoms with Crippen LogP contribution in [0.2, 0.25) is 0 Å². The van der Waals surface area contributed by atoms with E-state index in [0.717, 1.165) is 16.9 Å². The van der Waals surface area contributed by atoms with Crippen molar-refractivity contribution in [2.45, 2.75) is 13.5 Å². The molecule has 5 nitrogen and oxygen atoms in total. The standard InChI is InChI=1S/C19H18N4OS/c1-15(12-16-8-4-2-5-9-16)13-20-23-18(21-22-19(23)25)14-24-17-10-6-3-7-11-17/h2-13H,14H2,1H3,(H,22,25)/b15-12-,20-13-. The molecule has 0 atom stereocenters. The number of aromatic nitrogens is 3. The van der Waals surface area contributed by atoms with Crippen molar-refractivity contribution >= 4 is 24.5 Å². The maximum Gasteiger partial charge on any atom is 0.216 e. The summed E-state index contributed by atoms with van der Waals surface area (Å²) in [6.45, 7) is 2.26. The number of allylic oxidation sites excluding steroid dienone is 1. The van der Waals surface area contributed by atoms with E-state index in [1.165, 1.54) is 0 Å². The van der Waals surface area contributed by atoms with Crippen molar-refractivity contribution in [2.75, 3.05) is 0 Å². The van der Waals surface area contributed by atoms with Gasteiger partial charge in [-0.15, -0.1) is 0 Å². The highest BCUT2D eigenvalue weighted by molar-refractivity contribution is 7.71. The lowest BCUT2D eigenvalue weighted by Gasteiger charge is -2.05. The van der Waals surface area contributed by atoms with E-state index >= 15 is 0 Å². The number of H-pyrrole nitrogens is 1. The molecule has 0 unspecified atom stereocenters. The Kier molecular flexibility index (Phi) is 5.53. The van der Waals surface area contributed by atoms with Crippen LogP contribution in [0.15, 0.2) is 71.3 Å². The Morgan fingerprint density at radius 1 is 1.16 bits per heavy atom. The highest BCUT2D eigenvalue weighted by atomic mass is 32.1. The lowest BCUT2D eigenvalue weighted by molar-refractivity contribution is 0.290. The molecular weight excluding hydrogens is 332 g/mol. The summed E-state index contributed by atoms with van der Waals surface area (Å²) in [5.41, 5.74) is 2.12. The molecule has 2 aromatic carbocycles. The molecule has 1 aromatic heterocycles. The SMILES string of the molecule is CC(/C=N\n1c(COc2ccccc2)n[nH]c1=S)=C/c1ccccc1. The topological polar surface area (TPSA) is 55.2 Å². The van der Waals surface area contributed by atoms with Gasteiger partial charge in [-0.2, -0.15) is 14.9 Å². The predicted molar refractivity (Wildman–Crippen MR) is 102 cm³/mol. The van der Waals surface area contributed by atoms with Gasteiger partial charge in [0, 0.05) is 0 Å². The van der Waals surface area contributed by atoms with E-state index in [1.54, 1.807) is 10.9 Å². The second-order valence-corrected chi connectivity index (χ2v) is 5.79. The Balaban J connectivity index is 1.73. The summed E-state index contributed by atoms with van der Waals surface area (Å²) < 4.78 is 7.71. The number of nitrogens with one attached hydrogen (secondary N) is 1. The molecule has 0 spiro atoms. The Hall–Kier alpha value is -2.99. The van der Waals surface area contributed by atoms with Crippen LogP contribution in [0.1, 0.15) is 18.3 Å². The molecule has 0 aliphatic rings. The number of rotatable bonds is 6. The van der Waals surface area contributed by atoms with Crippen molar-refractivity contribution in [1.29, 1.82) is 0 Å². The summed E-state index contributed by atoms with van der Waals surface area (Å²) in [5, 5.41) is 11.3. The summed E-state index contributed by atoms with van der Waals surface area (Å²) in [4.78, 5) is 0. The van der Waals surface area contributed by atoms with E-state index in [2.05, 4.69) is 15.3 Å². The molecule has 0 saturated heterocycles. The molecule has 0 aliphatic heterocycles. The molecule has 1 heterocycles. The molecule has 0 radical (unpaired) electrons. The van der Waals surface area contributed by atoms with Crippen LogP contribution in [0.3, 0.4) is 0 Å². The van der Waals surface area contributed by atoms with E-state index in [1.807, 2.05) is 73.7 Å².